The third kappa shape index (κ3) is 4.25. The predicted octanol–water partition coefficient (Wildman–Crippen LogP) is 5.10. The van der Waals surface area contributed by atoms with Crippen LogP contribution in [0.4, 0.5) is 33.7 Å². The highest BCUT2D eigenvalue weighted by molar-refractivity contribution is 7.91. The molecule has 0 bridgehead atoms. The average molecular weight is 474 g/mol. The van der Waals surface area contributed by atoms with Crippen LogP contribution in [0.2, 0.25) is 0 Å². The first kappa shape index (κ1) is 23.8. The summed E-state index contributed by atoms with van der Waals surface area (Å²) in [5, 5.41) is 0. The van der Waals surface area contributed by atoms with Crippen molar-refractivity contribution >= 4 is 27.5 Å². The highest BCUT2D eigenvalue weighted by Crippen LogP contribution is 2.40. The van der Waals surface area contributed by atoms with E-state index < -0.39 is 61.9 Å². The summed E-state index contributed by atoms with van der Waals surface area (Å²) in [5.74, 6) is -8.15. The lowest BCUT2D eigenvalue weighted by Gasteiger charge is -2.38. The van der Waals surface area contributed by atoms with E-state index >= 15 is 0 Å². The zero-order valence-electron chi connectivity index (χ0n) is 17.9. The second-order valence-electron chi connectivity index (χ2n) is 7.98. The van der Waals surface area contributed by atoms with Crippen molar-refractivity contribution in [1.82, 2.24) is 0 Å². The molecule has 0 spiro atoms. The molecule has 1 aliphatic heterocycles. The molecule has 1 N–H and O–H groups in total. The third-order valence-electron chi connectivity index (χ3n) is 5.13. The van der Waals surface area contributed by atoms with E-state index in [0.717, 1.165) is 6.92 Å². The van der Waals surface area contributed by atoms with Gasteiger partial charge in [0.05, 0.1) is 5.69 Å². The van der Waals surface area contributed by atoms with E-state index in [-0.39, 0.29) is 5.69 Å². The number of nitrogens with zero attached hydrogens (tertiary/aromatic N) is 1. The van der Waals surface area contributed by atoms with Crippen LogP contribution in [0.5, 0.6) is 0 Å². The molecule has 174 valence electrons. The lowest BCUT2D eigenvalue weighted by Crippen LogP contribution is -2.43. The monoisotopic (exact) mass is 474 g/mol. The molecule has 2 aromatic rings. The Morgan fingerprint density at radius 3 is 2.22 bits per heavy atom. The lowest BCUT2D eigenvalue weighted by molar-refractivity contribution is 0.0351. The van der Waals surface area contributed by atoms with Crippen molar-refractivity contribution < 1.29 is 35.5 Å². The number of halogens is 4. The molecule has 32 heavy (non-hydrogen) atoms. The first-order valence-electron chi connectivity index (χ1n) is 9.76. The second kappa shape index (κ2) is 8.27. The first-order chi connectivity index (χ1) is 14.8. The minimum absolute atomic E-state index is 0.0279. The smallest absolute Gasteiger partial charge is 0.415 e. The molecule has 1 amide bonds. The number of carbonyl (C=O) groups excluding carboxylic acids is 1. The summed E-state index contributed by atoms with van der Waals surface area (Å²) in [6, 6.07) is 4.33. The summed E-state index contributed by atoms with van der Waals surface area (Å²) < 4.78 is 88.5. The number of rotatable bonds is 6. The Balaban J connectivity index is 1.96. The van der Waals surface area contributed by atoms with Crippen molar-refractivity contribution in [3.63, 3.8) is 0 Å². The number of hydrogen-bond donors (Lipinski definition) is 1. The normalized spacial score (nSPS) is 15.4. The molecule has 3 rings (SSSR count). The van der Waals surface area contributed by atoms with E-state index in [2.05, 4.69) is 4.72 Å². The fourth-order valence-electron chi connectivity index (χ4n) is 3.50. The summed E-state index contributed by atoms with van der Waals surface area (Å²) >= 11 is 0. The van der Waals surface area contributed by atoms with Crippen LogP contribution in [0.3, 0.4) is 0 Å². The van der Waals surface area contributed by atoms with Crippen LogP contribution < -0.4 is 9.62 Å². The van der Waals surface area contributed by atoms with Crippen LogP contribution in [0.25, 0.3) is 0 Å². The van der Waals surface area contributed by atoms with Gasteiger partial charge in [-0.1, -0.05) is 6.92 Å². The van der Waals surface area contributed by atoms with Crippen LogP contribution in [-0.2, 0) is 26.1 Å². The van der Waals surface area contributed by atoms with Gasteiger partial charge >= 0.3 is 6.09 Å². The lowest BCUT2D eigenvalue weighted by atomic mass is 9.93. The number of cyclic esters (lactones) is 1. The molecular weight excluding hydrogens is 452 g/mol. The number of ether oxygens (including phenoxy) is 1. The maximum Gasteiger partial charge on any atom is 0.415 e. The SMILES string of the molecule is CCCN1C(=O)OC(C)(C)c2cc(NS(=O)(=O)Cc3c(F)c(F)c(C)c(F)c3F)ccc21. The molecule has 0 aliphatic carbocycles. The summed E-state index contributed by atoms with van der Waals surface area (Å²) in [5.41, 5.74) is -2.11. The average Bonchev–Trinajstić information content (AvgIpc) is 2.71. The van der Waals surface area contributed by atoms with Crippen molar-refractivity contribution in [3.05, 3.63) is 58.2 Å². The van der Waals surface area contributed by atoms with Crippen LogP contribution in [0.15, 0.2) is 18.2 Å². The molecule has 1 heterocycles. The minimum atomic E-state index is -4.46. The topological polar surface area (TPSA) is 75.7 Å². The zero-order chi connectivity index (χ0) is 24.0. The van der Waals surface area contributed by atoms with Gasteiger partial charge in [0.2, 0.25) is 10.0 Å². The van der Waals surface area contributed by atoms with Crippen molar-refractivity contribution in [2.24, 2.45) is 0 Å². The molecule has 0 unspecified atom stereocenters. The highest BCUT2D eigenvalue weighted by Gasteiger charge is 2.38. The third-order valence-corrected chi connectivity index (χ3v) is 6.34. The largest absolute Gasteiger partial charge is 0.438 e. The van der Waals surface area contributed by atoms with E-state index in [1.165, 1.54) is 23.1 Å². The number of anilines is 2. The maximum atomic E-state index is 14.1. The van der Waals surface area contributed by atoms with E-state index in [0.29, 0.717) is 24.2 Å². The molecule has 11 heteroatoms. The van der Waals surface area contributed by atoms with Gasteiger partial charge in [-0.2, -0.15) is 0 Å². The predicted molar refractivity (Wildman–Crippen MR) is 111 cm³/mol. The molecule has 0 aromatic heterocycles. The van der Waals surface area contributed by atoms with Gasteiger partial charge in [0.25, 0.3) is 0 Å². The molecule has 0 atom stereocenters. The van der Waals surface area contributed by atoms with E-state index in [9.17, 15) is 30.8 Å². The van der Waals surface area contributed by atoms with Crippen molar-refractivity contribution in [2.45, 2.75) is 45.5 Å². The van der Waals surface area contributed by atoms with Gasteiger partial charge in [-0.15, -0.1) is 0 Å². The number of benzene rings is 2. The molecule has 0 saturated carbocycles. The molecule has 0 saturated heterocycles. The summed E-state index contributed by atoms with van der Waals surface area (Å²) in [7, 11) is -4.46. The minimum Gasteiger partial charge on any atom is -0.438 e. The number of carbonyl (C=O) groups is 1. The molecule has 1 aliphatic rings. The fraction of sp³-hybridized carbons (Fsp3) is 0.381. The van der Waals surface area contributed by atoms with E-state index in [1.54, 1.807) is 13.8 Å². The zero-order valence-corrected chi connectivity index (χ0v) is 18.7. The Morgan fingerprint density at radius 2 is 1.66 bits per heavy atom. The molecule has 0 radical (unpaired) electrons. The maximum absolute atomic E-state index is 14.1. The summed E-state index contributed by atoms with van der Waals surface area (Å²) in [6.45, 7) is 6.37. The van der Waals surface area contributed by atoms with Crippen molar-refractivity contribution in [3.8, 4) is 0 Å². The van der Waals surface area contributed by atoms with Gasteiger partial charge in [0, 0.05) is 28.9 Å². The van der Waals surface area contributed by atoms with Gasteiger partial charge in [-0.25, -0.2) is 30.8 Å². The number of hydrogen-bond acceptors (Lipinski definition) is 4. The van der Waals surface area contributed by atoms with Crippen LogP contribution in [0, 0.1) is 30.2 Å². The summed E-state index contributed by atoms with van der Waals surface area (Å²) in [6.07, 6.45) is 0.122. The Hall–Kier alpha value is -2.82. The van der Waals surface area contributed by atoms with Crippen molar-refractivity contribution in [2.75, 3.05) is 16.2 Å². The number of nitrogens with one attached hydrogen (secondary N) is 1. The molecule has 6 nitrogen and oxygen atoms in total. The Morgan fingerprint density at radius 1 is 1.06 bits per heavy atom. The van der Waals surface area contributed by atoms with Gasteiger partial charge in [0.1, 0.15) is 11.4 Å². The van der Waals surface area contributed by atoms with Crippen molar-refractivity contribution in [1.29, 1.82) is 0 Å². The number of sulfonamides is 1. The fourth-order valence-corrected chi connectivity index (χ4v) is 4.69. The van der Waals surface area contributed by atoms with Crippen LogP contribution >= 0.6 is 0 Å². The van der Waals surface area contributed by atoms with Gasteiger partial charge in [-0.3, -0.25) is 9.62 Å². The Bertz CT molecular complexity index is 1170. The summed E-state index contributed by atoms with van der Waals surface area (Å²) in [4.78, 5) is 13.7. The van der Waals surface area contributed by atoms with Crippen LogP contribution in [0.1, 0.15) is 43.9 Å². The highest BCUT2D eigenvalue weighted by atomic mass is 32.2. The first-order valence-corrected chi connectivity index (χ1v) is 11.4. The van der Waals surface area contributed by atoms with E-state index in [1.807, 2.05) is 6.92 Å². The Labute approximate surface area is 183 Å². The van der Waals surface area contributed by atoms with Gasteiger partial charge in [-0.05, 0) is 45.4 Å². The standard InChI is InChI=1S/C21H22F4N2O4S/c1-5-8-27-15-7-6-12(9-14(15)21(3,4)31-20(27)28)26-32(29,30)10-13-18(24)16(22)11(2)17(23)19(13)25/h6-7,9,26H,5,8,10H2,1-4H3. The quantitative estimate of drug-likeness (QED) is 0.467. The second-order valence-corrected chi connectivity index (χ2v) is 9.70. The number of amides is 1. The van der Waals surface area contributed by atoms with Gasteiger partial charge in [0.15, 0.2) is 23.3 Å². The van der Waals surface area contributed by atoms with Gasteiger partial charge < -0.3 is 4.74 Å². The molecule has 0 fully saturated rings. The Kier molecular flexibility index (Phi) is 6.16. The van der Waals surface area contributed by atoms with Crippen LogP contribution in [-0.4, -0.2) is 21.1 Å². The number of fused-ring (bicyclic) bond motifs is 1. The molecule has 2 aromatic carbocycles. The molecular formula is C21H22F4N2O4S. The van der Waals surface area contributed by atoms with E-state index in [4.69, 9.17) is 4.74 Å².